The highest BCUT2D eigenvalue weighted by Crippen LogP contribution is 2.16. The van der Waals surface area contributed by atoms with Crippen LogP contribution in [0, 0.1) is 0 Å². The average molecular weight is 265 g/mol. The molecule has 0 aliphatic carbocycles. The van der Waals surface area contributed by atoms with E-state index < -0.39 is 6.10 Å². The number of imidazole rings is 1. The van der Waals surface area contributed by atoms with Crippen molar-refractivity contribution in [1.29, 1.82) is 0 Å². The third kappa shape index (κ3) is 3.33. The van der Waals surface area contributed by atoms with E-state index in [4.69, 9.17) is 4.74 Å². The van der Waals surface area contributed by atoms with Gasteiger partial charge in [0.15, 0.2) is 11.5 Å². The lowest BCUT2D eigenvalue weighted by molar-refractivity contribution is 0.0727. The number of anilines is 2. The van der Waals surface area contributed by atoms with Gasteiger partial charge < -0.3 is 24.9 Å². The quantitative estimate of drug-likeness (QED) is 0.679. The van der Waals surface area contributed by atoms with Crippen molar-refractivity contribution in [2.45, 2.75) is 13.0 Å². The molecule has 0 saturated carbocycles. The van der Waals surface area contributed by atoms with Crippen LogP contribution in [0.1, 0.15) is 6.92 Å². The zero-order chi connectivity index (χ0) is 13.7. The van der Waals surface area contributed by atoms with Gasteiger partial charge in [-0.05, 0) is 6.92 Å². The van der Waals surface area contributed by atoms with Crippen LogP contribution in [0.15, 0.2) is 18.6 Å². The van der Waals surface area contributed by atoms with Crippen LogP contribution in [-0.2, 0) is 4.74 Å². The van der Waals surface area contributed by atoms with E-state index in [0.29, 0.717) is 12.4 Å². The monoisotopic (exact) mass is 265 g/mol. The second-order valence-electron chi connectivity index (χ2n) is 4.15. The van der Waals surface area contributed by atoms with Gasteiger partial charge in [0.05, 0.1) is 18.9 Å². The van der Waals surface area contributed by atoms with E-state index in [1.165, 1.54) is 0 Å². The lowest BCUT2D eigenvalue weighted by Gasteiger charge is -2.13. The van der Waals surface area contributed by atoms with Crippen molar-refractivity contribution >= 4 is 17.3 Å². The fraction of sp³-hybridized carbons (Fsp3) is 0.500. The minimum Gasteiger partial charge on any atom is -0.389 e. The van der Waals surface area contributed by atoms with Gasteiger partial charge in [-0.3, -0.25) is 0 Å². The van der Waals surface area contributed by atoms with Gasteiger partial charge >= 0.3 is 0 Å². The van der Waals surface area contributed by atoms with Crippen molar-refractivity contribution in [2.75, 3.05) is 37.4 Å². The molecule has 1 atom stereocenters. The maximum atomic E-state index is 9.65. The molecule has 0 aliphatic heterocycles. The summed E-state index contributed by atoms with van der Waals surface area (Å²) < 4.78 is 6.77. The number of methoxy groups -OCH3 is 1. The average Bonchev–Trinajstić information content (AvgIpc) is 2.85. The minimum atomic E-state index is -0.579. The van der Waals surface area contributed by atoms with Crippen molar-refractivity contribution in [3.63, 3.8) is 0 Å². The normalized spacial score (nSPS) is 12.6. The SMILES string of the molecule is CCNc1cn2ccnc2c(NCC(O)COC)n1. The van der Waals surface area contributed by atoms with E-state index in [1.54, 1.807) is 13.3 Å². The van der Waals surface area contributed by atoms with Gasteiger partial charge in [0.1, 0.15) is 5.82 Å². The molecule has 0 amide bonds. The first-order chi connectivity index (χ1) is 9.24. The molecule has 0 bridgehead atoms. The van der Waals surface area contributed by atoms with Gasteiger partial charge in [-0.15, -0.1) is 0 Å². The molecule has 19 heavy (non-hydrogen) atoms. The Bertz CT molecular complexity index is 528. The molecule has 1 unspecified atom stereocenters. The largest absolute Gasteiger partial charge is 0.389 e. The summed E-state index contributed by atoms with van der Waals surface area (Å²) in [5.74, 6) is 1.40. The summed E-state index contributed by atoms with van der Waals surface area (Å²) in [5, 5.41) is 15.9. The van der Waals surface area contributed by atoms with Crippen LogP contribution < -0.4 is 10.6 Å². The number of ether oxygens (including phenoxy) is 1. The Labute approximate surface area is 111 Å². The van der Waals surface area contributed by atoms with E-state index in [0.717, 1.165) is 18.0 Å². The Hall–Kier alpha value is -1.86. The van der Waals surface area contributed by atoms with Crippen LogP contribution in [0.2, 0.25) is 0 Å². The highest BCUT2D eigenvalue weighted by Gasteiger charge is 2.09. The molecule has 7 heteroatoms. The van der Waals surface area contributed by atoms with Crippen LogP contribution >= 0.6 is 0 Å². The Morgan fingerprint density at radius 2 is 2.32 bits per heavy atom. The number of nitrogens with zero attached hydrogens (tertiary/aromatic N) is 3. The van der Waals surface area contributed by atoms with Crippen molar-refractivity contribution in [3.8, 4) is 0 Å². The summed E-state index contributed by atoms with van der Waals surface area (Å²) in [6.45, 7) is 3.44. The number of hydrogen-bond donors (Lipinski definition) is 3. The maximum absolute atomic E-state index is 9.65. The first-order valence-electron chi connectivity index (χ1n) is 6.23. The van der Waals surface area contributed by atoms with E-state index in [2.05, 4.69) is 20.6 Å². The Kier molecular flexibility index (Phi) is 4.53. The zero-order valence-corrected chi connectivity index (χ0v) is 11.1. The van der Waals surface area contributed by atoms with Gasteiger partial charge in [0, 0.05) is 32.6 Å². The topological polar surface area (TPSA) is 83.7 Å². The summed E-state index contributed by atoms with van der Waals surface area (Å²) in [6, 6.07) is 0. The molecule has 0 spiro atoms. The molecule has 0 aromatic carbocycles. The molecule has 2 aromatic rings. The number of aliphatic hydroxyl groups excluding tert-OH is 1. The molecule has 0 fully saturated rings. The number of nitrogens with one attached hydrogen (secondary N) is 2. The van der Waals surface area contributed by atoms with Crippen molar-refractivity contribution in [1.82, 2.24) is 14.4 Å². The number of aliphatic hydroxyl groups is 1. The second kappa shape index (κ2) is 6.35. The number of aromatic nitrogens is 3. The van der Waals surface area contributed by atoms with Crippen LogP contribution in [0.25, 0.3) is 5.65 Å². The molecule has 2 rings (SSSR count). The molecular formula is C12H19N5O2. The molecule has 3 N–H and O–H groups in total. The molecule has 0 aliphatic rings. The summed E-state index contributed by atoms with van der Waals surface area (Å²) in [7, 11) is 1.56. The first kappa shape index (κ1) is 13.6. The van der Waals surface area contributed by atoms with E-state index in [-0.39, 0.29) is 6.61 Å². The van der Waals surface area contributed by atoms with E-state index in [1.807, 2.05) is 23.7 Å². The number of fused-ring (bicyclic) bond motifs is 1. The Morgan fingerprint density at radius 1 is 1.47 bits per heavy atom. The highest BCUT2D eigenvalue weighted by molar-refractivity contribution is 5.65. The predicted molar refractivity (Wildman–Crippen MR) is 73.5 cm³/mol. The third-order valence-electron chi connectivity index (χ3n) is 2.60. The predicted octanol–water partition coefficient (Wildman–Crippen LogP) is 0.580. The number of hydrogen-bond acceptors (Lipinski definition) is 6. The van der Waals surface area contributed by atoms with Crippen molar-refractivity contribution in [2.24, 2.45) is 0 Å². The summed E-state index contributed by atoms with van der Waals surface area (Å²) in [4.78, 5) is 8.68. The summed E-state index contributed by atoms with van der Waals surface area (Å²) in [5.41, 5.74) is 0.728. The van der Waals surface area contributed by atoms with Gasteiger partial charge in [-0.1, -0.05) is 0 Å². The molecule has 0 saturated heterocycles. The van der Waals surface area contributed by atoms with Crippen molar-refractivity contribution < 1.29 is 9.84 Å². The molecule has 7 nitrogen and oxygen atoms in total. The fourth-order valence-corrected chi connectivity index (χ4v) is 1.78. The molecular weight excluding hydrogens is 246 g/mol. The van der Waals surface area contributed by atoms with E-state index in [9.17, 15) is 5.11 Å². The van der Waals surface area contributed by atoms with Crippen LogP contribution in [0.3, 0.4) is 0 Å². The molecule has 2 aromatic heterocycles. The summed E-state index contributed by atoms with van der Waals surface area (Å²) >= 11 is 0. The van der Waals surface area contributed by atoms with Crippen LogP contribution in [-0.4, -0.2) is 52.4 Å². The molecule has 0 radical (unpaired) electrons. The lowest BCUT2D eigenvalue weighted by atomic mass is 10.4. The standard InChI is InChI=1S/C12H19N5O2/c1-3-13-10-7-17-5-4-14-12(17)11(16-10)15-6-9(18)8-19-2/h4-5,7,9,13,18H,3,6,8H2,1-2H3,(H,15,16). The maximum Gasteiger partial charge on any atom is 0.180 e. The lowest BCUT2D eigenvalue weighted by Crippen LogP contribution is -2.24. The van der Waals surface area contributed by atoms with Gasteiger partial charge in [0.2, 0.25) is 0 Å². The molecule has 2 heterocycles. The minimum absolute atomic E-state index is 0.282. The van der Waals surface area contributed by atoms with Gasteiger partial charge in [0.25, 0.3) is 0 Å². The van der Waals surface area contributed by atoms with Gasteiger partial charge in [-0.25, -0.2) is 9.97 Å². The molecule has 104 valence electrons. The smallest absolute Gasteiger partial charge is 0.180 e. The number of rotatable bonds is 7. The fourth-order valence-electron chi connectivity index (χ4n) is 1.78. The Balaban J connectivity index is 2.17. The van der Waals surface area contributed by atoms with Gasteiger partial charge in [-0.2, -0.15) is 0 Å². The zero-order valence-electron chi connectivity index (χ0n) is 11.1. The summed E-state index contributed by atoms with van der Waals surface area (Å²) in [6.07, 6.45) is 4.87. The van der Waals surface area contributed by atoms with Crippen LogP contribution in [0.4, 0.5) is 11.6 Å². The third-order valence-corrected chi connectivity index (χ3v) is 2.60. The first-order valence-corrected chi connectivity index (χ1v) is 6.23. The van der Waals surface area contributed by atoms with E-state index >= 15 is 0 Å². The van der Waals surface area contributed by atoms with Crippen LogP contribution in [0.5, 0.6) is 0 Å². The Morgan fingerprint density at radius 3 is 3.05 bits per heavy atom. The second-order valence-corrected chi connectivity index (χ2v) is 4.15. The van der Waals surface area contributed by atoms with Crippen molar-refractivity contribution in [3.05, 3.63) is 18.6 Å². The highest BCUT2D eigenvalue weighted by atomic mass is 16.5.